The number of hydrogen-bond donors (Lipinski definition) is 2. The van der Waals surface area contributed by atoms with Gasteiger partial charge in [-0.15, -0.1) is 0 Å². The number of methoxy groups -OCH3 is 1. The van der Waals surface area contributed by atoms with E-state index in [-0.39, 0.29) is 11.8 Å². The lowest BCUT2D eigenvalue weighted by Crippen LogP contribution is -2.30. The molecule has 0 bridgehead atoms. The second-order valence-electron chi connectivity index (χ2n) is 5.02. The minimum Gasteiger partial charge on any atom is -0.495 e. The van der Waals surface area contributed by atoms with E-state index in [0.717, 1.165) is 15.4 Å². The molecule has 0 aliphatic carbocycles. The standard InChI is InChI=1S/C14H20Br2N2O2/c1-8(2)4-9(7-17)14(19)18-12-6-13(20-3)11(16)5-10(12)15/h5-6,8-9H,4,7,17H2,1-3H3,(H,18,19). The number of carbonyl (C=O) groups excluding carboxylic acids is 1. The van der Waals surface area contributed by atoms with Crippen LogP contribution in [0.15, 0.2) is 21.1 Å². The molecule has 1 atom stereocenters. The fraction of sp³-hybridized carbons (Fsp3) is 0.500. The summed E-state index contributed by atoms with van der Waals surface area (Å²) in [4.78, 5) is 12.3. The van der Waals surface area contributed by atoms with Crippen molar-refractivity contribution >= 4 is 43.5 Å². The zero-order valence-corrected chi connectivity index (χ0v) is 15.0. The van der Waals surface area contributed by atoms with Gasteiger partial charge in [0.2, 0.25) is 5.91 Å². The van der Waals surface area contributed by atoms with Crippen molar-refractivity contribution in [2.24, 2.45) is 17.6 Å². The molecule has 4 nitrogen and oxygen atoms in total. The van der Waals surface area contributed by atoms with Crippen molar-refractivity contribution in [3.63, 3.8) is 0 Å². The molecule has 1 aromatic rings. The van der Waals surface area contributed by atoms with Crippen LogP contribution in [0.25, 0.3) is 0 Å². The summed E-state index contributed by atoms with van der Waals surface area (Å²) < 4.78 is 6.84. The van der Waals surface area contributed by atoms with E-state index in [2.05, 4.69) is 51.0 Å². The number of anilines is 1. The van der Waals surface area contributed by atoms with Crippen LogP contribution in [0, 0.1) is 11.8 Å². The SMILES string of the molecule is COc1cc(NC(=O)C(CN)CC(C)C)c(Br)cc1Br. The average Bonchev–Trinajstić information content (AvgIpc) is 2.38. The van der Waals surface area contributed by atoms with Crippen molar-refractivity contribution in [2.75, 3.05) is 19.0 Å². The summed E-state index contributed by atoms with van der Waals surface area (Å²) in [7, 11) is 1.58. The molecule has 0 heterocycles. The highest BCUT2D eigenvalue weighted by Gasteiger charge is 2.19. The summed E-state index contributed by atoms with van der Waals surface area (Å²) in [5.74, 6) is 0.844. The minimum atomic E-state index is -0.184. The van der Waals surface area contributed by atoms with E-state index >= 15 is 0 Å². The van der Waals surface area contributed by atoms with Crippen molar-refractivity contribution in [1.82, 2.24) is 0 Å². The Balaban J connectivity index is 2.89. The molecule has 1 unspecified atom stereocenters. The van der Waals surface area contributed by atoms with Gasteiger partial charge in [-0.2, -0.15) is 0 Å². The largest absolute Gasteiger partial charge is 0.495 e. The topological polar surface area (TPSA) is 64.3 Å². The summed E-state index contributed by atoms with van der Waals surface area (Å²) in [6.07, 6.45) is 0.771. The quantitative estimate of drug-likeness (QED) is 0.754. The fourth-order valence-corrected chi connectivity index (χ4v) is 3.15. The zero-order chi connectivity index (χ0) is 15.3. The third-order valence-electron chi connectivity index (χ3n) is 2.91. The highest BCUT2D eigenvalue weighted by atomic mass is 79.9. The number of carbonyl (C=O) groups is 1. The second kappa shape index (κ2) is 8.00. The van der Waals surface area contributed by atoms with Gasteiger partial charge in [0.1, 0.15) is 5.75 Å². The second-order valence-corrected chi connectivity index (χ2v) is 6.73. The van der Waals surface area contributed by atoms with Crippen molar-refractivity contribution < 1.29 is 9.53 Å². The van der Waals surface area contributed by atoms with Crippen LogP contribution in [-0.2, 0) is 4.79 Å². The van der Waals surface area contributed by atoms with E-state index in [1.165, 1.54) is 0 Å². The van der Waals surface area contributed by atoms with E-state index in [0.29, 0.717) is 23.9 Å². The number of benzene rings is 1. The van der Waals surface area contributed by atoms with Crippen LogP contribution in [-0.4, -0.2) is 19.6 Å². The molecule has 0 aliphatic heterocycles. The summed E-state index contributed by atoms with van der Waals surface area (Å²) in [5.41, 5.74) is 6.37. The Morgan fingerprint density at radius 1 is 1.35 bits per heavy atom. The van der Waals surface area contributed by atoms with Crippen molar-refractivity contribution in [2.45, 2.75) is 20.3 Å². The van der Waals surface area contributed by atoms with Gasteiger partial charge in [-0.1, -0.05) is 13.8 Å². The molecule has 0 saturated carbocycles. The van der Waals surface area contributed by atoms with Crippen LogP contribution >= 0.6 is 31.9 Å². The lowest BCUT2D eigenvalue weighted by molar-refractivity contribution is -0.120. The molecule has 6 heteroatoms. The van der Waals surface area contributed by atoms with Gasteiger partial charge < -0.3 is 15.8 Å². The smallest absolute Gasteiger partial charge is 0.228 e. The van der Waals surface area contributed by atoms with Gasteiger partial charge in [0, 0.05) is 17.1 Å². The summed E-state index contributed by atoms with van der Waals surface area (Å²) in [6, 6.07) is 3.61. The monoisotopic (exact) mass is 406 g/mol. The summed E-state index contributed by atoms with van der Waals surface area (Å²) in [5, 5.41) is 2.90. The number of nitrogens with two attached hydrogens (primary N) is 1. The third-order valence-corrected chi connectivity index (χ3v) is 4.19. The molecular formula is C14H20Br2N2O2. The molecule has 0 fully saturated rings. The molecule has 20 heavy (non-hydrogen) atoms. The molecule has 0 aromatic heterocycles. The van der Waals surface area contributed by atoms with E-state index in [1.807, 2.05) is 6.07 Å². The molecular weight excluding hydrogens is 388 g/mol. The molecule has 0 spiro atoms. The molecule has 0 saturated heterocycles. The first-order chi connectivity index (χ1) is 9.38. The van der Waals surface area contributed by atoms with Crippen molar-refractivity contribution in [3.8, 4) is 5.75 Å². The lowest BCUT2D eigenvalue weighted by Gasteiger charge is -2.18. The first-order valence-electron chi connectivity index (χ1n) is 6.43. The molecule has 112 valence electrons. The van der Waals surface area contributed by atoms with Crippen LogP contribution in [0.5, 0.6) is 5.75 Å². The Morgan fingerprint density at radius 3 is 2.50 bits per heavy atom. The average molecular weight is 408 g/mol. The Kier molecular flexibility index (Phi) is 6.99. The molecule has 0 aliphatic rings. The Morgan fingerprint density at radius 2 is 2.00 bits per heavy atom. The predicted octanol–water partition coefficient (Wildman–Crippen LogP) is 3.78. The zero-order valence-electron chi connectivity index (χ0n) is 11.9. The van der Waals surface area contributed by atoms with Gasteiger partial charge in [0.15, 0.2) is 0 Å². The van der Waals surface area contributed by atoms with E-state index in [9.17, 15) is 4.79 Å². The maximum atomic E-state index is 12.3. The van der Waals surface area contributed by atoms with Crippen LogP contribution in [0.2, 0.25) is 0 Å². The highest BCUT2D eigenvalue weighted by Crippen LogP contribution is 2.34. The number of rotatable bonds is 6. The van der Waals surface area contributed by atoms with Gasteiger partial charge in [-0.05, 0) is 50.3 Å². The highest BCUT2D eigenvalue weighted by molar-refractivity contribution is 9.11. The Hall–Kier alpha value is -0.590. The Bertz CT molecular complexity index is 478. The summed E-state index contributed by atoms with van der Waals surface area (Å²) >= 11 is 6.82. The van der Waals surface area contributed by atoms with Crippen molar-refractivity contribution in [1.29, 1.82) is 0 Å². The first-order valence-corrected chi connectivity index (χ1v) is 8.01. The van der Waals surface area contributed by atoms with Crippen LogP contribution in [0.1, 0.15) is 20.3 Å². The fourth-order valence-electron chi connectivity index (χ4n) is 1.90. The van der Waals surface area contributed by atoms with Crippen LogP contribution in [0.4, 0.5) is 5.69 Å². The number of halogens is 2. The maximum absolute atomic E-state index is 12.3. The number of hydrogen-bond acceptors (Lipinski definition) is 3. The van der Waals surface area contributed by atoms with Gasteiger partial charge in [0.25, 0.3) is 0 Å². The van der Waals surface area contributed by atoms with Gasteiger partial charge in [-0.25, -0.2) is 0 Å². The minimum absolute atomic E-state index is 0.0636. The molecule has 1 rings (SSSR count). The molecule has 1 amide bonds. The van der Waals surface area contributed by atoms with Crippen LogP contribution < -0.4 is 15.8 Å². The normalized spacial score (nSPS) is 12.3. The van der Waals surface area contributed by atoms with Gasteiger partial charge in [0.05, 0.1) is 23.2 Å². The molecule has 3 N–H and O–H groups in total. The van der Waals surface area contributed by atoms with Crippen LogP contribution in [0.3, 0.4) is 0 Å². The van der Waals surface area contributed by atoms with Crippen molar-refractivity contribution in [3.05, 3.63) is 21.1 Å². The van der Waals surface area contributed by atoms with Gasteiger partial charge in [-0.3, -0.25) is 4.79 Å². The lowest BCUT2D eigenvalue weighted by atomic mass is 9.96. The molecule has 0 radical (unpaired) electrons. The maximum Gasteiger partial charge on any atom is 0.228 e. The number of nitrogens with one attached hydrogen (secondary N) is 1. The number of amides is 1. The van der Waals surface area contributed by atoms with E-state index in [1.54, 1.807) is 13.2 Å². The van der Waals surface area contributed by atoms with Gasteiger partial charge >= 0.3 is 0 Å². The number of ether oxygens (including phenoxy) is 1. The first kappa shape index (κ1) is 17.5. The van der Waals surface area contributed by atoms with E-state index in [4.69, 9.17) is 10.5 Å². The third kappa shape index (κ3) is 4.75. The predicted molar refractivity (Wildman–Crippen MR) is 89.0 cm³/mol. The van der Waals surface area contributed by atoms with E-state index < -0.39 is 0 Å². The Labute approximate surface area is 136 Å². The molecule has 1 aromatic carbocycles. The summed E-state index contributed by atoms with van der Waals surface area (Å²) in [6.45, 7) is 4.50.